The van der Waals surface area contributed by atoms with Gasteiger partial charge < -0.3 is 15.3 Å². The summed E-state index contributed by atoms with van der Waals surface area (Å²) in [6, 6.07) is 7.42. The molecule has 0 amide bonds. The lowest BCUT2D eigenvalue weighted by Gasteiger charge is -2.06. The monoisotopic (exact) mass is 277 g/mol. The molecular weight excluding hydrogens is 262 g/mol. The van der Waals surface area contributed by atoms with Crippen LogP contribution in [0.1, 0.15) is 27.4 Å². The number of hydrogen-bond donors (Lipinski definition) is 2. The molecule has 100 valence electrons. The standard InChI is InChI=1S/C14H15NO3S/c1-8-4-3-5-12(13(8)15)19-7-10-6-11(14(16)17)9(2)18-10/h3-6H,7,15H2,1-2H3,(H,16,17). The average Bonchev–Trinajstić information content (AvgIpc) is 2.73. The fourth-order valence-electron chi connectivity index (χ4n) is 1.76. The van der Waals surface area contributed by atoms with Gasteiger partial charge in [0.25, 0.3) is 0 Å². The molecule has 19 heavy (non-hydrogen) atoms. The molecule has 5 heteroatoms. The molecule has 4 nitrogen and oxygen atoms in total. The van der Waals surface area contributed by atoms with Gasteiger partial charge in [-0.05, 0) is 31.5 Å². The number of para-hydroxylation sites is 1. The van der Waals surface area contributed by atoms with Gasteiger partial charge in [-0.3, -0.25) is 0 Å². The van der Waals surface area contributed by atoms with Gasteiger partial charge in [0.05, 0.1) is 5.75 Å². The Bertz CT molecular complexity index is 619. The maximum Gasteiger partial charge on any atom is 0.339 e. The Morgan fingerprint density at radius 3 is 2.79 bits per heavy atom. The van der Waals surface area contributed by atoms with Crippen LogP contribution >= 0.6 is 11.8 Å². The van der Waals surface area contributed by atoms with E-state index < -0.39 is 5.97 Å². The highest BCUT2D eigenvalue weighted by Gasteiger charge is 2.14. The van der Waals surface area contributed by atoms with Crippen molar-refractivity contribution in [1.82, 2.24) is 0 Å². The maximum absolute atomic E-state index is 10.9. The first-order chi connectivity index (χ1) is 8.99. The minimum atomic E-state index is -0.965. The van der Waals surface area contributed by atoms with Crippen molar-refractivity contribution in [1.29, 1.82) is 0 Å². The third-order valence-electron chi connectivity index (χ3n) is 2.85. The van der Waals surface area contributed by atoms with Gasteiger partial charge in [0.1, 0.15) is 17.1 Å². The lowest BCUT2D eigenvalue weighted by molar-refractivity contribution is 0.0695. The predicted octanol–water partition coefficient (Wildman–Crippen LogP) is 3.47. The first-order valence-corrected chi connectivity index (χ1v) is 6.78. The Kier molecular flexibility index (Phi) is 3.85. The number of hydrogen-bond acceptors (Lipinski definition) is 4. The zero-order valence-corrected chi connectivity index (χ0v) is 11.6. The number of nitrogen functional groups attached to an aromatic ring is 1. The van der Waals surface area contributed by atoms with Crippen molar-refractivity contribution < 1.29 is 14.3 Å². The van der Waals surface area contributed by atoms with Crippen LogP contribution in [0.3, 0.4) is 0 Å². The molecule has 2 rings (SSSR count). The highest BCUT2D eigenvalue weighted by molar-refractivity contribution is 7.98. The molecule has 2 aromatic rings. The van der Waals surface area contributed by atoms with Crippen LogP contribution < -0.4 is 5.73 Å². The summed E-state index contributed by atoms with van der Waals surface area (Å²) in [7, 11) is 0. The van der Waals surface area contributed by atoms with E-state index in [-0.39, 0.29) is 5.56 Å². The minimum Gasteiger partial charge on any atom is -0.478 e. The molecule has 3 N–H and O–H groups in total. The number of furan rings is 1. The summed E-state index contributed by atoms with van der Waals surface area (Å²) >= 11 is 1.54. The quantitative estimate of drug-likeness (QED) is 0.661. The number of carboxylic acid groups (broad SMARTS) is 1. The van der Waals surface area contributed by atoms with Gasteiger partial charge in [-0.25, -0.2) is 4.79 Å². The van der Waals surface area contributed by atoms with Crippen LogP contribution in [0.2, 0.25) is 0 Å². The summed E-state index contributed by atoms with van der Waals surface area (Å²) in [5.41, 5.74) is 7.99. The highest BCUT2D eigenvalue weighted by atomic mass is 32.2. The summed E-state index contributed by atoms with van der Waals surface area (Å²) in [6.45, 7) is 3.61. The molecule has 1 aromatic carbocycles. The number of carboxylic acids is 1. The maximum atomic E-state index is 10.9. The number of rotatable bonds is 4. The first kappa shape index (κ1) is 13.5. The molecule has 0 radical (unpaired) electrons. The number of nitrogens with two attached hydrogens (primary N) is 1. The summed E-state index contributed by atoms with van der Waals surface area (Å²) in [5.74, 6) is 0.663. The summed E-state index contributed by atoms with van der Waals surface area (Å²) in [6.07, 6.45) is 0. The van der Waals surface area contributed by atoms with Crippen molar-refractivity contribution in [2.45, 2.75) is 24.5 Å². The second-order valence-electron chi connectivity index (χ2n) is 4.26. The van der Waals surface area contributed by atoms with Gasteiger partial charge in [0, 0.05) is 10.6 Å². The predicted molar refractivity (Wildman–Crippen MR) is 75.6 cm³/mol. The molecule has 0 saturated heterocycles. The zero-order chi connectivity index (χ0) is 14.0. The van der Waals surface area contributed by atoms with E-state index in [0.717, 1.165) is 16.1 Å². The molecular formula is C14H15NO3S. The van der Waals surface area contributed by atoms with Crippen LogP contribution in [0.15, 0.2) is 33.6 Å². The van der Waals surface area contributed by atoms with Crippen LogP contribution in [-0.2, 0) is 5.75 Å². The van der Waals surface area contributed by atoms with Crippen LogP contribution in [0, 0.1) is 13.8 Å². The SMILES string of the molecule is Cc1cccc(SCc2cc(C(=O)O)c(C)o2)c1N. The van der Waals surface area contributed by atoms with E-state index in [0.29, 0.717) is 17.3 Å². The second kappa shape index (κ2) is 5.40. The third-order valence-corrected chi connectivity index (χ3v) is 3.95. The van der Waals surface area contributed by atoms with Crippen molar-refractivity contribution in [2.75, 3.05) is 5.73 Å². The Balaban J connectivity index is 2.13. The van der Waals surface area contributed by atoms with E-state index in [1.165, 1.54) is 11.8 Å². The topological polar surface area (TPSA) is 76.5 Å². The van der Waals surface area contributed by atoms with Crippen LogP contribution in [0.25, 0.3) is 0 Å². The van der Waals surface area contributed by atoms with Gasteiger partial charge in [0.15, 0.2) is 0 Å². The smallest absolute Gasteiger partial charge is 0.339 e. The van der Waals surface area contributed by atoms with Gasteiger partial charge in [-0.2, -0.15) is 0 Å². The number of benzene rings is 1. The summed E-state index contributed by atoms with van der Waals surface area (Å²) < 4.78 is 5.43. The summed E-state index contributed by atoms with van der Waals surface area (Å²) in [5, 5.41) is 8.96. The Morgan fingerprint density at radius 1 is 1.42 bits per heavy atom. The normalized spacial score (nSPS) is 10.6. The molecule has 1 aromatic heterocycles. The van der Waals surface area contributed by atoms with Crippen molar-refractivity contribution in [3.8, 4) is 0 Å². The Morgan fingerprint density at radius 2 is 2.16 bits per heavy atom. The van der Waals surface area contributed by atoms with E-state index in [2.05, 4.69) is 0 Å². The molecule has 0 saturated carbocycles. The van der Waals surface area contributed by atoms with E-state index >= 15 is 0 Å². The Labute approximate surface area is 115 Å². The number of thioether (sulfide) groups is 1. The van der Waals surface area contributed by atoms with Gasteiger partial charge in [0.2, 0.25) is 0 Å². The summed E-state index contributed by atoms with van der Waals surface area (Å²) in [4.78, 5) is 11.9. The number of aryl methyl sites for hydroxylation is 2. The van der Waals surface area contributed by atoms with Gasteiger partial charge in [-0.1, -0.05) is 12.1 Å². The minimum absolute atomic E-state index is 0.216. The fraction of sp³-hybridized carbons (Fsp3) is 0.214. The van der Waals surface area contributed by atoms with Gasteiger partial charge >= 0.3 is 5.97 Å². The molecule has 0 aliphatic carbocycles. The average molecular weight is 277 g/mol. The second-order valence-corrected chi connectivity index (χ2v) is 5.28. The van der Waals surface area contributed by atoms with E-state index in [4.69, 9.17) is 15.3 Å². The van der Waals surface area contributed by atoms with Crippen molar-refractivity contribution in [3.05, 3.63) is 46.9 Å². The molecule has 0 aliphatic rings. The van der Waals surface area contributed by atoms with Crippen molar-refractivity contribution in [3.63, 3.8) is 0 Å². The molecule has 0 bridgehead atoms. The van der Waals surface area contributed by atoms with Crippen LogP contribution in [0.5, 0.6) is 0 Å². The van der Waals surface area contributed by atoms with Crippen molar-refractivity contribution in [2.24, 2.45) is 0 Å². The molecule has 1 heterocycles. The molecule has 0 unspecified atom stereocenters. The number of aromatic carboxylic acids is 1. The lowest BCUT2D eigenvalue weighted by Crippen LogP contribution is -1.95. The van der Waals surface area contributed by atoms with E-state index in [1.807, 2.05) is 25.1 Å². The number of carbonyl (C=O) groups is 1. The molecule has 0 aliphatic heterocycles. The first-order valence-electron chi connectivity index (χ1n) is 5.79. The van der Waals surface area contributed by atoms with Crippen LogP contribution in [0.4, 0.5) is 5.69 Å². The third kappa shape index (κ3) is 2.93. The fourth-order valence-corrected chi connectivity index (χ4v) is 2.69. The highest BCUT2D eigenvalue weighted by Crippen LogP contribution is 2.31. The molecule has 0 atom stereocenters. The zero-order valence-electron chi connectivity index (χ0n) is 10.8. The van der Waals surface area contributed by atoms with Crippen molar-refractivity contribution >= 4 is 23.4 Å². The van der Waals surface area contributed by atoms with Crippen LogP contribution in [-0.4, -0.2) is 11.1 Å². The lowest BCUT2D eigenvalue weighted by atomic mass is 10.2. The van der Waals surface area contributed by atoms with Gasteiger partial charge in [-0.15, -0.1) is 11.8 Å². The van der Waals surface area contributed by atoms with E-state index in [9.17, 15) is 4.79 Å². The molecule has 0 fully saturated rings. The largest absolute Gasteiger partial charge is 0.478 e. The molecule has 0 spiro atoms. The number of anilines is 1. The van der Waals surface area contributed by atoms with E-state index in [1.54, 1.807) is 13.0 Å². The Hall–Kier alpha value is -1.88.